The molecule has 1 heterocycles. The van der Waals surface area contributed by atoms with E-state index in [9.17, 15) is 0 Å². The summed E-state index contributed by atoms with van der Waals surface area (Å²) in [6.45, 7) is 3.82. The van der Waals surface area contributed by atoms with Gasteiger partial charge in [-0.25, -0.2) is 4.98 Å². The average Bonchev–Trinajstić information content (AvgIpc) is 2.53. The Kier molecular flexibility index (Phi) is 3.80. The Hall–Kier alpha value is -0.830. The van der Waals surface area contributed by atoms with E-state index in [-0.39, 0.29) is 0 Å². The van der Waals surface area contributed by atoms with Crippen LogP contribution in [0.1, 0.15) is 31.9 Å². The lowest BCUT2D eigenvalue weighted by Crippen LogP contribution is -1.97. The minimum Gasteiger partial charge on any atom is -0.337 e. The molecule has 1 rings (SSSR count). The van der Waals surface area contributed by atoms with Crippen molar-refractivity contribution in [3.8, 4) is 0 Å². The zero-order chi connectivity index (χ0) is 8.81. The van der Waals surface area contributed by atoms with Crippen molar-refractivity contribution in [3.05, 3.63) is 18.2 Å². The van der Waals surface area contributed by atoms with Gasteiger partial charge in [-0.05, 0) is 6.42 Å². The Labute approximate surface area is 73.6 Å². The number of unbranched alkanes of at least 4 members (excludes halogenated alkanes) is 2. The van der Waals surface area contributed by atoms with Gasteiger partial charge in [-0.2, -0.15) is 0 Å². The van der Waals surface area contributed by atoms with Crippen molar-refractivity contribution in [1.82, 2.24) is 9.55 Å². The summed E-state index contributed by atoms with van der Waals surface area (Å²) in [5, 5.41) is 0. The van der Waals surface area contributed by atoms with Crippen LogP contribution in [0.3, 0.4) is 0 Å². The quantitative estimate of drug-likeness (QED) is 0.676. The van der Waals surface area contributed by atoms with E-state index in [1.165, 1.54) is 19.3 Å². The molecule has 0 aliphatic rings. The topological polar surface area (TPSA) is 43.8 Å². The van der Waals surface area contributed by atoms with E-state index in [0.717, 1.165) is 12.2 Å². The maximum atomic E-state index is 5.44. The van der Waals surface area contributed by atoms with Gasteiger partial charge in [0, 0.05) is 19.3 Å². The standard InChI is InChI=1S/C9H17N3/c1-2-3-4-5-12-7-9(6-10)11-8-12/h7-8H,2-6,10H2,1H3. The van der Waals surface area contributed by atoms with Crippen LogP contribution in [0, 0.1) is 0 Å². The van der Waals surface area contributed by atoms with Crippen LogP contribution >= 0.6 is 0 Å². The highest BCUT2D eigenvalue weighted by Gasteiger charge is 1.94. The Balaban J connectivity index is 2.31. The summed E-state index contributed by atoms with van der Waals surface area (Å²) in [7, 11) is 0. The highest BCUT2D eigenvalue weighted by atomic mass is 15.0. The highest BCUT2D eigenvalue weighted by Crippen LogP contribution is 2.00. The predicted molar refractivity (Wildman–Crippen MR) is 49.6 cm³/mol. The molecule has 1 aromatic rings. The zero-order valence-corrected chi connectivity index (χ0v) is 7.66. The molecule has 0 saturated heterocycles. The minimum atomic E-state index is 0.542. The number of hydrogen-bond acceptors (Lipinski definition) is 2. The molecule has 0 aliphatic heterocycles. The number of aromatic nitrogens is 2. The van der Waals surface area contributed by atoms with Crippen molar-refractivity contribution in [1.29, 1.82) is 0 Å². The maximum absolute atomic E-state index is 5.44. The van der Waals surface area contributed by atoms with Crippen LogP contribution in [0.5, 0.6) is 0 Å². The first-order chi connectivity index (χ1) is 5.86. The van der Waals surface area contributed by atoms with E-state index in [4.69, 9.17) is 5.73 Å². The largest absolute Gasteiger partial charge is 0.337 e. The second-order valence-corrected chi connectivity index (χ2v) is 3.01. The number of nitrogens with two attached hydrogens (primary N) is 1. The van der Waals surface area contributed by atoms with Crippen LogP contribution in [0.4, 0.5) is 0 Å². The number of hydrogen-bond donors (Lipinski definition) is 1. The monoisotopic (exact) mass is 167 g/mol. The smallest absolute Gasteiger partial charge is 0.0949 e. The summed E-state index contributed by atoms with van der Waals surface area (Å²) in [6, 6.07) is 0. The van der Waals surface area contributed by atoms with Gasteiger partial charge in [-0.15, -0.1) is 0 Å². The summed E-state index contributed by atoms with van der Waals surface area (Å²) in [6.07, 6.45) is 7.67. The second kappa shape index (κ2) is 4.93. The van der Waals surface area contributed by atoms with E-state index in [1.54, 1.807) is 0 Å². The van der Waals surface area contributed by atoms with Crippen molar-refractivity contribution >= 4 is 0 Å². The second-order valence-electron chi connectivity index (χ2n) is 3.01. The lowest BCUT2D eigenvalue weighted by Gasteiger charge is -1.99. The Bertz CT molecular complexity index is 217. The predicted octanol–water partition coefficient (Wildman–Crippen LogP) is 1.53. The molecule has 0 saturated carbocycles. The van der Waals surface area contributed by atoms with Crippen LogP contribution in [0.2, 0.25) is 0 Å². The molecule has 0 amide bonds. The van der Waals surface area contributed by atoms with Crippen LogP contribution in [-0.2, 0) is 13.1 Å². The molecular weight excluding hydrogens is 150 g/mol. The van der Waals surface area contributed by atoms with Crippen molar-refractivity contribution in [2.24, 2.45) is 5.73 Å². The van der Waals surface area contributed by atoms with Gasteiger partial charge in [0.05, 0.1) is 12.0 Å². The summed E-state index contributed by atoms with van der Waals surface area (Å²) < 4.78 is 2.11. The number of rotatable bonds is 5. The average molecular weight is 167 g/mol. The first-order valence-corrected chi connectivity index (χ1v) is 4.57. The lowest BCUT2D eigenvalue weighted by molar-refractivity contribution is 0.601. The normalized spacial score (nSPS) is 10.5. The number of aryl methyl sites for hydroxylation is 1. The maximum Gasteiger partial charge on any atom is 0.0949 e. The molecule has 0 spiro atoms. The Morgan fingerprint density at radius 2 is 2.33 bits per heavy atom. The van der Waals surface area contributed by atoms with Gasteiger partial charge in [0.25, 0.3) is 0 Å². The molecule has 1 aromatic heterocycles. The van der Waals surface area contributed by atoms with E-state index in [1.807, 2.05) is 12.5 Å². The van der Waals surface area contributed by atoms with Crippen LogP contribution in [-0.4, -0.2) is 9.55 Å². The molecule has 0 fully saturated rings. The molecule has 0 radical (unpaired) electrons. The molecule has 2 N–H and O–H groups in total. The van der Waals surface area contributed by atoms with Gasteiger partial charge in [0.1, 0.15) is 0 Å². The summed E-state index contributed by atoms with van der Waals surface area (Å²) in [5.41, 5.74) is 6.42. The Morgan fingerprint density at radius 3 is 2.92 bits per heavy atom. The van der Waals surface area contributed by atoms with E-state index >= 15 is 0 Å². The molecule has 0 aliphatic carbocycles. The van der Waals surface area contributed by atoms with Crippen LogP contribution in [0.15, 0.2) is 12.5 Å². The first kappa shape index (κ1) is 9.26. The fourth-order valence-corrected chi connectivity index (χ4v) is 1.18. The fraction of sp³-hybridized carbons (Fsp3) is 0.667. The highest BCUT2D eigenvalue weighted by molar-refractivity contribution is 4.95. The lowest BCUT2D eigenvalue weighted by atomic mass is 10.2. The third-order valence-corrected chi connectivity index (χ3v) is 1.92. The fourth-order valence-electron chi connectivity index (χ4n) is 1.18. The minimum absolute atomic E-state index is 0.542. The van der Waals surface area contributed by atoms with Crippen molar-refractivity contribution in [3.63, 3.8) is 0 Å². The van der Waals surface area contributed by atoms with E-state index in [0.29, 0.717) is 6.54 Å². The SMILES string of the molecule is CCCCCn1cnc(CN)c1. The van der Waals surface area contributed by atoms with Crippen molar-refractivity contribution in [2.45, 2.75) is 39.3 Å². The molecule has 68 valence electrons. The molecule has 3 heteroatoms. The van der Waals surface area contributed by atoms with Gasteiger partial charge < -0.3 is 10.3 Å². The molecule has 0 aromatic carbocycles. The van der Waals surface area contributed by atoms with Gasteiger partial charge in [0.15, 0.2) is 0 Å². The molecule has 0 bridgehead atoms. The van der Waals surface area contributed by atoms with Gasteiger partial charge in [-0.1, -0.05) is 19.8 Å². The molecule has 0 atom stereocenters. The van der Waals surface area contributed by atoms with Crippen molar-refractivity contribution in [2.75, 3.05) is 0 Å². The van der Waals surface area contributed by atoms with Gasteiger partial charge in [-0.3, -0.25) is 0 Å². The van der Waals surface area contributed by atoms with Crippen LogP contribution in [0.25, 0.3) is 0 Å². The van der Waals surface area contributed by atoms with E-state index in [2.05, 4.69) is 16.5 Å². The van der Waals surface area contributed by atoms with E-state index < -0.39 is 0 Å². The van der Waals surface area contributed by atoms with Gasteiger partial charge in [0.2, 0.25) is 0 Å². The summed E-state index contributed by atoms with van der Waals surface area (Å²) in [4.78, 5) is 4.15. The third kappa shape index (κ3) is 2.66. The zero-order valence-electron chi connectivity index (χ0n) is 7.66. The number of nitrogens with zero attached hydrogens (tertiary/aromatic N) is 2. The number of imidazole rings is 1. The Morgan fingerprint density at radius 1 is 1.50 bits per heavy atom. The van der Waals surface area contributed by atoms with Gasteiger partial charge >= 0.3 is 0 Å². The molecule has 0 unspecified atom stereocenters. The first-order valence-electron chi connectivity index (χ1n) is 4.57. The van der Waals surface area contributed by atoms with Crippen LogP contribution < -0.4 is 5.73 Å². The molecule has 12 heavy (non-hydrogen) atoms. The summed E-state index contributed by atoms with van der Waals surface area (Å²) >= 11 is 0. The molecule has 3 nitrogen and oxygen atoms in total. The van der Waals surface area contributed by atoms with Crippen molar-refractivity contribution < 1.29 is 0 Å². The third-order valence-electron chi connectivity index (χ3n) is 1.92. The summed E-state index contributed by atoms with van der Waals surface area (Å²) in [5.74, 6) is 0. The molecular formula is C9H17N3.